The summed E-state index contributed by atoms with van der Waals surface area (Å²) in [5, 5.41) is 7.44. The molecule has 1 aromatic heterocycles. The van der Waals surface area contributed by atoms with Crippen molar-refractivity contribution in [2.24, 2.45) is 0 Å². The SMILES string of the molecule is CCn1c(-c2ccccc2)nn([C@@H]2O[C@H](COC(C)=O)[C@H](OC(C)=O)[C@H](OC(C)=O)[C@H]2NC(C)=O)c1=S. The molecule has 0 aliphatic carbocycles. The van der Waals surface area contributed by atoms with Crippen molar-refractivity contribution in [3.8, 4) is 11.4 Å². The van der Waals surface area contributed by atoms with E-state index in [1.165, 1.54) is 32.4 Å². The first-order valence-corrected chi connectivity index (χ1v) is 12.1. The Morgan fingerprint density at radius 1 is 1.00 bits per heavy atom. The van der Waals surface area contributed by atoms with Crippen LogP contribution in [0.4, 0.5) is 0 Å². The fourth-order valence-electron chi connectivity index (χ4n) is 4.18. The summed E-state index contributed by atoms with van der Waals surface area (Å²) in [6.07, 6.45) is -4.59. The number of hydrogen-bond acceptors (Lipinski definition) is 10. The van der Waals surface area contributed by atoms with Crippen LogP contribution in [0, 0.1) is 4.77 Å². The lowest BCUT2D eigenvalue weighted by atomic mass is 9.95. The van der Waals surface area contributed by atoms with Crippen LogP contribution >= 0.6 is 12.2 Å². The first-order chi connectivity index (χ1) is 17.5. The van der Waals surface area contributed by atoms with Crippen molar-refractivity contribution in [1.29, 1.82) is 0 Å². The predicted molar refractivity (Wildman–Crippen MR) is 131 cm³/mol. The van der Waals surface area contributed by atoms with Gasteiger partial charge in [-0.25, -0.2) is 4.68 Å². The summed E-state index contributed by atoms with van der Waals surface area (Å²) in [5.74, 6) is -1.86. The molecule has 0 bridgehead atoms. The van der Waals surface area contributed by atoms with Gasteiger partial charge in [-0.05, 0) is 19.1 Å². The van der Waals surface area contributed by atoms with E-state index in [4.69, 9.17) is 36.3 Å². The van der Waals surface area contributed by atoms with Crippen LogP contribution in [0.15, 0.2) is 30.3 Å². The Bertz CT molecular complexity index is 1210. The zero-order valence-corrected chi connectivity index (χ0v) is 22.0. The van der Waals surface area contributed by atoms with Gasteiger partial charge in [0.25, 0.3) is 0 Å². The van der Waals surface area contributed by atoms with Crippen LogP contribution in [0.3, 0.4) is 0 Å². The smallest absolute Gasteiger partial charge is 0.303 e. The normalized spacial score (nSPS) is 23.1. The van der Waals surface area contributed by atoms with Crippen LogP contribution in [0.5, 0.6) is 0 Å². The molecule has 1 saturated heterocycles. The van der Waals surface area contributed by atoms with Gasteiger partial charge >= 0.3 is 17.9 Å². The minimum atomic E-state index is -1.21. The first kappa shape index (κ1) is 28.0. The Hall–Kier alpha value is -3.58. The highest BCUT2D eigenvalue weighted by Gasteiger charge is 2.52. The van der Waals surface area contributed by atoms with Crippen molar-refractivity contribution >= 4 is 36.0 Å². The second-order valence-corrected chi connectivity index (χ2v) is 8.77. The fraction of sp³-hybridized carbons (Fsp3) is 0.500. The van der Waals surface area contributed by atoms with E-state index >= 15 is 0 Å². The maximum Gasteiger partial charge on any atom is 0.303 e. The molecule has 0 radical (unpaired) electrons. The number of nitrogens with zero attached hydrogens (tertiary/aromatic N) is 3. The Morgan fingerprint density at radius 3 is 2.16 bits per heavy atom. The zero-order chi connectivity index (χ0) is 27.3. The largest absolute Gasteiger partial charge is 0.463 e. The molecule has 2 heterocycles. The number of amides is 1. The number of rotatable bonds is 8. The van der Waals surface area contributed by atoms with E-state index in [9.17, 15) is 19.2 Å². The van der Waals surface area contributed by atoms with Crippen molar-refractivity contribution in [2.45, 2.75) is 71.7 Å². The second kappa shape index (κ2) is 12.1. The first-order valence-electron chi connectivity index (χ1n) is 11.7. The number of ether oxygens (including phenoxy) is 4. The van der Waals surface area contributed by atoms with E-state index in [0.717, 1.165) is 5.56 Å². The van der Waals surface area contributed by atoms with Crippen LogP contribution in [-0.4, -0.2) is 69.1 Å². The molecule has 12 nitrogen and oxygen atoms in total. The number of benzene rings is 1. The molecule has 13 heteroatoms. The molecule has 1 fully saturated rings. The third-order valence-corrected chi connectivity index (χ3v) is 5.97. The second-order valence-electron chi connectivity index (χ2n) is 8.40. The highest BCUT2D eigenvalue weighted by molar-refractivity contribution is 7.71. The number of carbonyl (C=O) groups is 4. The lowest BCUT2D eigenvalue weighted by molar-refractivity contribution is -0.239. The number of hydrogen-bond donors (Lipinski definition) is 1. The van der Waals surface area contributed by atoms with Crippen LogP contribution in [0.25, 0.3) is 11.4 Å². The number of aromatic nitrogens is 3. The van der Waals surface area contributed by atoms with Gasteiger partial charge in [-0.2, -0.15) is 0 Å². The minimum absolute atomic E-state index is 0.278. The molecule has 3 rings (SSSR count). The molecule has 1 aromatic carbocycles. The van der Waals surface area contributed by atoms with Gasteiger partial charge in [-0.3, -0.25) is 19.2 Å². The van der Waals surface area contributed by atoms with Gasteiger partial charge in [-0.15, -0.1) is 5.10 Å². The third kappa shape index (κ3) is 6.60. The van der Waals surface area contributed by atoms with Crippen molar-refractivity contribution in [1.82, 2.24) is 19.7 Å². The molecule has 0 saturated carbocycles. The van der Waals surface area contributed by atoms with Gasteiger partial charge in [0.1, 0.15) is 18.8 Å². The monoisotopic (exact) mass is 534 g/mol. The van der Waals surface area contributed by atoms with Crippen LogP contribution < -0.4 is 5.32 Å². The Morgan fingerprint density at radius 2 is 1.62 bits per heavy atom. The molecule has 2 aromatic rings. The summed E-state index contributed by atoms with van der Waals surface area (Å²) in [4.78, 5) is 47.9. The summed E-state index contributed by atoms with van der Waals surface area (Å²) < 4.78 is 25.9. The van der Waals surface area contributed by atoms with E-state index in [1.54, 1.807) is 4.57 Å². The quantitative estimate of drug-likeness (QED) is 0.303. The molecule has 1 amide bonds. The fourth-order valence-corrected chi connectivity index (χ4v) is 4.54. The maximum atomic E-state index is 12.2. The topological polar surface area (TPSA) is 140 Å². The maximum absolute atomic E-state index is 12.2. The van der Waals surface area contributed by atoms with Gasteiger partial charge in [-0.1, -0.05) is 30.3 Å². The standard InChI is InChI=1S/C24H30N4O8S/c1-6-27-22(17-10-8-7-9-11-17)26-28(24(27)37)23-19(25-13(2)29)21(35-16(5)32)20(34-15(4)31)18(36-23)12-33-14(3)30/h7-11,18-21,23H,6,12H2,1-5H3,(H,25,29)/t18-,19-,20+,21-,23-/m1/s1. The van der Waals surface area contributed by atoms with Gasteiger partial charge in [0.05, 0.1) is 0 Å². The molecule has 1 aliphatic heterocycles. The van der Waals surface area contributed by atoms with Gasteiger partial charge in [0.15, 0.2) is 24.3 Å². The Kier molecular flexibility index (Phi) is 9.16. The van der Waals surface area contributed by atoms with Crippen molar-refractivity contribution in [3.05, 3.63) is 35.1 Å². The van der Waals surface area contributed by atoms with E-state index in [-0.39, 0.29) is 11.4 Å². The molecular formula is C24H30N4O8S. The van der Waals surface area contributed by atoms with Gasteiger partial charge in [0, 0.05) is 39.8 Å². The molecule has 0 unspecified atom stereocenters. The lowest BCUT2D eigenvalue weighted by Crippen LogP contribution is -2.64. The van der Waals surface area contributed by atoms with E-state index in [2.05, 4.69) is 5.32 Å². The summed E-state index contributed by atoms with van der Waals surface area (Å²) >= 11 is 5.72. The molecule has 0 spiro atoms. The van der Waals surface area contributed by atoms with Gasteiger partial charge in [0.2, 0.25) is 10.7 Å². The number of nitrogens with one attached hydrogen (secondary N) is 1. The summed E-state index contributed by atoms with van der Waals surface area (Å²) in [6, 6.07) is 8.30. The van der Waals surface area contributed by atoms with E-state index in [1.807, 2.05) is 37.3 Å². The molecule has 200 valence electrons. The highest BCUT2D eigenvalue weighted by Crippen LogP contribution is 2.33. The predicted octanol–water partition coefficient (Wildman–Crippen LogP) is 1.93. The van der Waals surface area contributed by atoms with Gasteiger partial charge < -0.3 is 28.8 Å². The molecule has 1 N–H and O–H groups in total. The van der Waals surface area contributed by atoms with Crippen molar-refractivity contribution < 1.29 is 38.1 Å². The number of esters is 3. The van der Waals surface area contributed by atoms with Crippen molar-refractivity contribution in [3.63, 3.8) is 0 Å². The lowest BCUT2D eigenvalue weighted by Gasteiger charge is -2.45. The minimum Gasteiger partial charge on any atom is -0.463 e. The van der Waals surface area contributed by atoms with E-state index < -0.39 is 54.4 Å². The van der Waals surface area contributed by atoms with Crippen LogP contribution in [0.2, 0.25) is 0 Å². The van der Waals surface area contributed by atoms with E-state index in [0.29, 0.717) is 12.4 Å². The average molecular weight is 535 g/mol. The summed E-state index contributed by atoms with van der Waals surface area (Å²) in [5.41, 5.74) is 0.798. The zero-order valence-electron chi connectivity index (χ0n) is 21.2. The van der Waals surface area contributed by atoms with Crippen LogP contribution in [0.1, 0.15) is 40.8 Å². The number of carbonyl (C=O) groups excluding carboxylic acids is 4. The average Bonchev–Trinajstić information content (AvgIpc) is 3.16. The molecule has 37 heavy (non-hydrogen) atoms. The Labute approximate surface area is 218 Å². The Balaban J connectivity index is 2.18. The van der Waals surface area contributed by atoms with Crippen LogP contribution in [-0.2, 0) is 44.7 Å². The summed E-state index contributed by atoms with van der Waals surface area (Å²) in [7, 11) is 0. The molecule has 1 aliphatic rings. The summed E-state index contributed by atoms with van der Waals surface area (Å²) in [6.45, 7) is 6.94. The molecular weight excluding hydrogens is 504 g/mol. The third-order valence-electron chi connectivity index (χ3n) is 5.56. The highest BCUT2D eigenvalue weighted by atomic mass is 32.1. The molecule has 5 atom stereocenters. The van der Waals surface area contributed by atoms with Crippen molar-refractivity contribution in [2.75, 3.05) is 6.61 Å².